The molecule has 2 N–H and O–H groups in total. The number of aliphatic hydroxyl groups excluding tert-OH is 1. The van der Waals surface area contributed by atoms with Crippen molar-refractivity contribution >= 4 is 11.9 Å². The number of carboxylic acid groups (broad SMARTS) is 1. The number of fused-ring (bicyclic) bond motifs is 3. The van der Waals surface area contributed by atoms with Gasteiger partial charge in [-0.05, 0) is 47.4 Å². The fourth-order valence-electron chi connectivity index (χ4n) is 4.88. The molecule has 152 valence electrons. The Morgan fingerprint density at radius 1 is 1.00 bits per heavy atom. The molecule has 0 spiro atoms. The monoisotopic (exact) mass is 394 g/mol. The number of hydrogen-bond donors (Lipinski definition) is 2. The van der Waals surface area contributed by atoms with Gasteiger partial charge in [-0.2, -0.15) is 0 Å². The summed E-state index contributed by atoms with van der Waals surface area (Å²) in [7, 11) is 0. The molecule has 0 amide bonds. The fraction of sp³-hybridized carbons (Fsp3) is 0.417. The Hall–Kier alpha value is -2.66. The Morgan fingerprint density at radius 2 is 1.62 bits per heavy atom. The van der Waals surface area contributed by atoms with Crippen molar-refractivity contribution in [2.75, 3.05) is 6.61 Å². The Morgan fingerprint density at radius 3 is 2.21 bits per heavy atom. The lowest BCUT2D eigenvalue weighted by atomic mass is 9.77. The number of rotatable bonds is 6. The minimum Gasteiger partial charge on any atom is -0.481 e. The first kappa shape index (κ1) is 19.6. The summed E-state index contributed by atoms with van der Waals surface area (Å²) < 4.78 is 5.57. The van der Waals surface area contributed by atoms with Crippen molar-refractivity contribution in [1.29, 1.82) is 0 Å². The summed E-state index contributed by atoms with van der Waals surface area (Å²) >= 11 is 0. The molecule has 0 bridgehead atoms. The number of carboxylic acids is 1. The van der Waals surface area contributed by atoms with Crippen molar-refractivity contribution in [1.82, 2.24) is 0 Å². The SMILES string of the molecule is O=C(C[C@H](C(=O)O)[C@H]1CCC[C@@H](O)C1)OCC1c2ccccc2-c2ccccc21. The molecule has 1 saturated carbocycles. The topological polar surface area (TPSA) is 83.8 Å². The van der Waals surface area contributed by atoms with Gasteiger partial charge in [-0.15, -0.1) is 0 Å². The van der Waals surface area contributed by atoms with Gasteiger partial charge in [0.25, 0.3) is 0 Å². The van der Waals surface area contributed by atoms with Crippen LogP contribution in [0.2, 0.25) is 0 Å². The zero-order valence-corrected chi connectivity index (χ0v) is 16.3. The molecular formula is C24H26O5. The second-order valence-corrected chi connectivity index (χ2v) is 8.14. The van der Waals surface area contributed by atoms with Gasteiger partial charge in [-0.1, -0.05) is 55.0 Å². The number of esters is 1. The second-order valence-electron chi connectivity index (χ2n) is 8.14. The van der Waals surface area contributed by atoms with Gasteiger partial charge >= 0.3 is 11.9 Å². The number of carbonyl (C=O) groups is 2. The molecule has 2 aliphatic rings. The summed E-state index contributed by atoms with van der Waals surface area (Å²) in [5.41, 5.74) is 4.57. The van der Waals surface area contributed by atoms with E-state index in [-0.39, 0.29) is 24.9 Å². The lowest BCUT2D eigenvalue weighted by molar-refractivity contribution is -0.154. The Kier molecular flexibility index (Phi) is 5.67. The predicted octanol–water partition coefficient (Wildman–Crippen LogP) is 3.98. The molecule has 5 heteroatoms. The molecular weight excluding hydrogens is 368 g/mol. The Balaban J connectivity index is 1.43. The standard InChI is InChI=1S/C24H26O5/c25-16-7-5-6-15(12-16)21(24(27)28)13-23(26)29-14-22-19-10-3-1-8-17(19)18-9-2-4-11-20(18)22/h1-4,8-11,15-16,21-22,25H,5-7,12-14H2,(H,27,28)/t15-,16+,21-/m0/s1. The van der Waals surface area contributed by atoms with Crippen LogP contribution in [-0.4, -0.2) is 34.9 Å². The number of hydrogen-bond acceptors (Lipinski definition) is 4. The molecule has 0 heterocycles. The van der Waals surface area contributed by atoms with Gasteiger partial charge in [-0.3, -0.25) is 9.59 Å². The van der Waals surface area contributed by atoms with Gasteiger partial charge in [-0.25, -0.2) is 0 Å². The molecule has 4 rings (SSSR count). The third-order valence-corrected chi connectivity index (χ3v) is 6.33. The summed E-state index contributed by atoms with van der Waals surface area (Å²) in [5, 5.41) is 19.5. The van der Waals surface area contributed by atoms with E-state index in [9.17, 15) is 19.8 Å². The van der Waals surface area contributed by atoms with Crippen LogP contribution in [0.3, 0.4) is 0 Å². The molecule has 2 aromatic carbocycles. The van der Waals surface area contributed by atoms with E-state index in [1.807, 2.05) is 24.3 Å². The maximum Gasteiger partial charge on any atom is 0.307 e. The lowest BCUT2D eigenvalue weighted by Gasteiger charge is -2.30. The predicted molar refractivity (Wildman–Crippen MR) is 108 cm³/mol. The van der Waals surface area contributed by atoms with E-state index < -0.39 is 24.0 Å². The molecule has 2 aliphatic carbocycles. The van der Waals surface area contributed by atoms with Crippen LogP contribution >= 0.6 is 0 Å². The fourth-order valence-corrected chi connectivity index (χ4v) is 4.88. The van der Waals surface area contributed by atoms with Gasteiger partial charge in [0.05, 0.1) is 18.4 Å². The van der Waals surface area contributed by atoms with E-state index in [1.165, 1.54) is 0 Å². The molecule has 1 fully saturated rings. The number of aliphatic carboxylic acids is 1. The summed E-state index contributed by atoms with van der Waals surface area (Å²) in [6.45, 7) is 0.201. The summed E-state index contributed by atoms with van der Waals surface area (Å²) in [6.07, 6.45) is 2.04. The van der Waals surface area contributed by atoms with Crippen molar-refractivity contribution in [3.63, 3.8) is 0 Å². The van der Waals surface area contributed by atoms with E-state index in [0.717, 1.165) is 35.1 Å². The van der Waals surface area contributed by atoms with Crippen LogP contribution in [0.1, 0.15) is 49.1 Å². The van der Waals surface area contributed by atoms with Crippen LogP contribution in [0.15, 0.2) is 48.5 Å². The highest BCUT2D eigenvalue weighted by Crippen LogP contribution is 2.44. The zero-order valence-electron chi connectivity index (χ0n) is 16.3. The highest BCUT2D eigenvalue weighted by molar-refractivity contribution is 5.80. The number of ether oxygens (including phenoxy) is 1. The third-order valence-electron chi connectivity index (χ3n) is 6.33. The first-order valence-corrected chi connectivity index (χ1v) is 10.3. The van der Waals surface area contributed by atoms with E-state index >= 15 is 0 Å². The number of aliphatic hydroxyl groups is 1. The van der Waals surface area contributed by atoms with Gasteiger partial charge in [0.2, 0.25) is 0 Å². The highest BCUT2D eigenvalue weighted by atomic mass is 16.5. The van der Waals surface area contributed by atoms with Crippen molar-refractivity contribution < 1.29 is 24.5 Å². The lowest BCUT2D eigenvalue weighted by Crippen LogP contribution is -2.32. The van der Waals surface area contributed by atoms with Crippen LogP contribution in [-0.2, 0) is 14.3 Å². The Labute approximate surface area is 170 Å². The molecule has 0 aromatic heterocycles. The van der Waals surface area contributed by atoms with Crippen LogP contribution in [0.4, 0.5) is 0 Å². The number of carbonyl (C=O) groups excluding carboxylic acids is 1. The van der Waals surface area contributed by atoms with Crippen molar-refractivity contribution in [3.05, 3.63) is 59.7 Å². The smallest absolute Gasteiger partial charge is 0.307 e. The van der Waals surface area contributed by atoms with Crippen LogP contribution in [0, 0.1) is 11.8 Å². The van der Waals surface area contributed by atoms with E-state index in [2.05, 4.69) is 24.3 Å². The van der Waals surface area contributed by atoms with E-state index in [0.29, 0.717) is 12.8 Å². The average Bonchev–Trinajstić information content (AvgIpc) is 3.04. The zero-order chi connectivity index (χ0) is 20.4. The van der Waals surface area contributed by atoms with E-state index in [1.54, 1.807) is 0 Å². The largest absolute Gasteiger partial charge is 0.481 e. The molecule has 3 atom stereocenters. The maximum absolute atomic E-state index is 12.5. The third kappa shape index (κ3) is 4.06. The highest BCUT2D eigenvalue weighted by Gasteiger charge is 2.35. The Bertz CT molecular complexity index is 860. The van der Waals surface area contributed by atoms with Gasteiger partial charge in [0.1, 0.15) is 6.61 Å². The van der Waals surface area contributed by atoms with Crippen molar-refractivity contribution in [3.8, 4) is 11.1 Å². The van der Waals surface area contributed by atoms with Crippen LogP contribution < -0.4 is 0 Å². The maximum atomic E-state index is 12.5. The molecule has 2 aromatic rings. The molecule has 29 heavy (non-hydrogen) atoms. The van der Waals surface area contributed by atoms with Crippen molar-refractivity contribution in [2.24, 2.45) is 11.8 Å². The first-order chi connectivity index (χ1) is 14.0. The van der Waals surface area contributed by atoms with Crippen LogP contribution in [0.25, 0.3) is 11.1 Å². The molecule has 0 aliphatic heterocycles. The summed E-state index contributed by atoms with van der Waals surface area (Å²) in [4.78, 5) is 24.3. The molecule has 0 radical (unpaired) electrons. The number of benzene rings is 2. The molecule has 0 saturated heterocycles. The average molecular weight is 394 g/mol. The summed E-state index contributed by atoms with van der Waals surface area (Å²) in [5.74, 6) is -2.50. The first-order valence-electron chi connectivity index (χ1n) is 10.3. The normalized spacial score (nSPS) is 21.8. The second kappa shape index (κ2) is 8.37. The minimum atomic E-state index is -0.988. The molecule has 5 nitrogen and oxygen atoms in total. The quantitative estimate of drug-likeness (QED) is 0.724. The minimum absolute atomic E-state index is 0.0360. The molecule has 0 unspecified atom stereocenters. The van der Waals surface area contributed by atoms with E-state index in [4.69, 9.17) is 4.74 Å². The van der Waals surface area contributed by atoms with Gasteiger partial charge < -0.3 is 14.9 Å². The van der Waals surface area contributed by atoms with Gasteiger partial charge in [0.15, 0.2) is 0 Å². The van der Waals surface area contributed by atoms with Crippen LogP contribution in [0.5, 0.6) is 0 Å². The van der Waals surface area contributed by atoms with Gasteiger partial charge in [0, 0.05) is 5.92 Å². The summed E-state index contributed by atoms with van der Waals surface area (Å²) in [6, 6.07) is 16.2. The van der Waals surface area contributed by atoms with Crippen molar-refractivity contribution in [2.45, 2.75) is 44.1 Å².